The van der Waals surface area contributed by atoms with E-state index in [9.17, 15) is 4.79 Å². The minimum absolute atomic E-state index is 0.0500. The predicted molar refractivity (Wildman–Crippen MR) is 125 cm³/mol. The molecule has 3 aromatic rings. The van der Waals surface area contributed by atoms with E-state index in [1.54, 1.807) is 7.11 Å². The number of aromatic amines is 1. The molecule has 2 aliphatic rings. The van der Waals surface area contributed by atoms with Gasteiger partial charge in [0, 0.05) is 17.2 Å². The summed E-state index contributed by atoms with van der Waals surface area (Å²) in [7, 11) is 1.62. The van der Waals surface area contributed by atoms with Crippen molar-refractivity contribution in [2.75, 3.05) is 7.11 Å². The molecule has 1 aliphatic heterocycles. The normalized spacial score (nSPS) is 26.0. The van der Waals surface area contributed by atoms with Gasteiger partial charge in [-0.3, -0.25) is 4.79 Å². The standard InChI is InChI=1S/C26H28ClNO3/c1-13(2)19-20(14-10-11-18(30-5)16(27)12-14)21-22-24(31-26(3,4)23(19)21)15-8-6-7-9-17(15)28-25(22)29/h6-13,19-21,23H,1-5H3,(H,28,29)/t19-,20-,21+,23+/m1/s1. The van der Waals surface area contributed by atoms with E-state index < -0.39 is 0 Å². The number of H-pyrrole nitrogens is 1. The lowest BCUT2D eigenvalue weighted by atomic mass is 9.45. The number of ether oxygens (including phenoxy) is 2. The fourth-order valence-corrected chi connectivity index (χ4v) is 6.42. The first-order valence-corrected chi connectivity index (χ1v) is 11.3. The quantitative estimate of drug-likeness (QED) is 0.536. The number of hydrogen-bond acceptors (Lipinski definition) is 3. The number of rotatable bonds is 3. The Hall–Kier alpha value is -2.46. The Morgan fingerprint density at radius 2 is 1.87 bits per heavy atom. The fraction of sp³-hybridized carbons (Fsp3) is 0.423. The predicted octanol–water partition coefficient (Wildman–Crippen LogP) is 6.13. The molecule has 2 aromatic carbocycles. The highest BCUT2D eigenvalue weighted by atomic mass is 35.5. The maximum Gasteiger partial charge on any atom is 0.255 e. The smallest absolute Gasteiger partial charge is 0.255 e. The van der Waals surface area contributed by atoms with E-state index in [-0.39, 0.29) is 28.9 Å². The summed E-state index contributed by atoms with van der Waals surface area (Å²) in [5, 5.41) is 1.56. The van der Waals surface area contributed by atoms with Gasteiger partial charge in [0.25, 0.3) is 5.56 Å². The topological polar surface area (TPSA) is 51.3 Å². The average Bonchev–Trinajstić information content (AvgIpc) is 2.68. The third-order valence-electron chi connectivity index (χ3n) is 7.34. The van der Waals surface area contributed by atoms with E-state index in [1.165, 1.54) is 0 Å². The Kier molecular flexibility index (Phi) is 4.63. The van der Waals surface area contributed by atoms with Crippen LogP contribution in [0.5, 0.6) is 11.5 Å². The second-order valence-electron chi connectivity index (χ2n) is 9.74. The molecule has 31 heavy (non-hydrogen) atoms. The summed E-state index contributed by atoms with van der Waals surface area (Å²) >= 11 is 6.51. The van der Waals surface area contributed by atoms with Crippen molar-refractivity contribution in [2.45, 2.75) is 45.1 Å². The van der Waals surface area contributed by atoms with Gasteiger partial charge in [-0.25, -0.2) is 0 Å². The lowest BCUT2D eigenvalue weighted by molar-refractivity contribution is -0.104. The van der Waals surface area contributed by atoms with E-state index in [4.69, 9.17) is 21.1 Å². The summed E-state index contributed by atoms with van der Waals surface area (Å²) < 4.78 is 12.0. The number of halogens is 1. The third-order valence-corrected chi connectivity index (χ3v) is 7.64. The van der Waals surface area contributed by atoms with Crippen LogP contribution in [0.4, 0.5) is 0 Å². The molecule has 1 saturated carbocycles. The summed E-state index contributed by atoms with van der Waals surface area (Å²) in [5.74, 6) is 2.73. The van der Waals surface area contributed by atoms with Crippen molar-refractivity contribution in [1.82, 2.24) is 4.98 Å². The Balaban J connectivity index is 1.74. The van der Waals surface area contributed by atoms with Gasteiger partial charge in [-0.1, -0.05) is 43.6 Å². The van der Waals surface area contributed by atoms with E-state index in [0.29, 0.717) is 22.6 Å². The Bertz CT molecular complexity index is 1230. The molecule has 4 nitrogen and oxygen atoms in total. The number of aromatic nitrogens is 1. The molecule has 162 valence electrons. The zero-order valence-electron chi connectivity index (χ0n) is 18.5. The molecule has 2 heterocycles. The van der Waals surface area contributed by atoms with Gasteiger partial charge in [0.1, 0.15) is 17.1 Å². The van der Waals surface area contributed by atoms with Gasteiger partial charge in [-0.15, -0.1) is 0 Å². The van der Waals surface area contributed by atoms with E-state index >= 15 is 0 Å². The van der Waals surface area contributed by atoms with Crippen LogP contribution in [0, 0.1) is 17.8 Å². The molecule has 0 spiro atoms. The third kappa shape index (κ3) is 2.91. The molecular weight excluding hydrogens is 410 g/mol. The number of pyridine rings is 1. The monoisotopic (exact) mass is 437 g/mol. The molecule has 1 fully saturated rings. The van der Waals surface area contributed by atoms with Crippen LogP contribution < -0.4 is 15.0 Å². The Morgan fingerprint density at radius 3 is 2.55 bits per heavy atom. The van der Waals surface area contributed by atoms with Crippen LogP contribution in [0.2, 0.25) is 5.02 Å². The maximum atomic E-state index is 13.3. The summed E-state index contributed by atoms with van der Waals surface area (Å²) in [6.45, 7) is 8.84. The van der Waals surface area contributed by atoms with Gasteiger partial charge in [-0.2, -0.15) is 0 Å². The zero-order chi connectivity index (χ0) is 22.1. The molecule has 0 radical (unpaired) electrons. The molecule has 5 heteroatoms. The molecule has 5 rings (SSSR count). The first kappa shape index (κ1) is 20.4. The number of methoxy groups -OCH3 is 1. The van der Waals surface area contributed by atoms with Crippen LogP contribution in [0.15, 0.2) is 47.3 Å². The zero-order valence-corrected chi connectivity index (χ0v) is 19.3. The first-order valence-electron chi connectivity index (χ1n) is 10.9. The van der Waals surface area contributed by atoms with Gasteiger partial charge in [0.05, 0.1) is 23.2 Å². The van der Waals surface area contributed by atoms with Crippen molar-refractivity contribution in [2.24, 2.45) is 17.8 Å². The molecule has 0 amide bonds. The van der Waals surface area contributed by atoms with Crippen LogP contribution in [-0.4, -0.2) is 17.7 Å². The van der Waals surface area contributed by atoms with Crippen molar-refractivity contribution in [1.29, 1.82) is 0 Å². The largest absolute Gasteiger partial charge is 0.495 e. The van der Waals surface area contributed by atoms with Crippen molar-refractivity contribution >= 4 is 22.5 Å². The number of hydrogen-bond donors (Lipinski definition) is 1. The lowest BCUT2D eigenvalue weighted by Gasteiger charge is -2.62. The summed E-state index contributed by atoms with van der Waals surface area (Å²) in [6, 6.07) is 13.9. The van der Waals surface area contributed by atoms with E-state index in [2.05, 4.69) is 38.7 Å². The molecule has 0 unspecified atom stereocenters. The molecule has 1 aliphatic carbocycles. The second kappa shape index (κ2) is 7.03. The van der Waals surface area contributed by atoms with Crippen LogP contribution in [0.3, 0.4) is 0 Å². The van der Waals surface area contributed by atoms with Crippen LogP contribution in [-0.2, 0) is 0 Å². The molecule has 1 aromatic heterocycles. The summed E-state index contributed by atoms with van der Waals surface area (Å²) in [6.07, 6.45) is 0. The van der Waals surface area contributed by atoms with Gasteiger partial charge in [0.2, 0.25) is 0 Å². The maximum absolute atomic E-state index is 13.3. The Morgan fingerprint density at radius 1 is 1.13 bits per heavy atom. The molecular formula is C26H28ClNO3. The highest BCUT2D eigenvalue weighted by Crippen LogP contribution is 2.67. The number of benzene rings is 2. The molecule has 4 atom stereocenters. The van der Waals surface area contributed by atoms with Crippen molar-refractivity contribution < 1.29 is 9.47 Å². The first-order chi connectivity index (χ1) is 14.7. The second-order valence-corrected chi connectivity index (χ2v) is 10.1. The lowest BCUT2D eigenvalue weighted by Crippen LogP contribution is -2.60. The van der Waals surface area contributed by atoms with Crippen molar-refractivity contribution in [3.63, 3.8) is 0 Å². The van der Waals surface area contributed by atoms with Crippen LogP contribution in [0.25, 0.3) is 10.9 Å². The van der Waals surface area contributed by atoms with Gasteiger partial charge in [0.15, 0.2) is 0 Å². The van der Waals surface area contributed by atoms with Crippen molar-refractivity contribution in [3.8, 4) is 11.5 Å². The molecule has 0 saturated heterocycles. The summed E-state index contributed by atoms with van der Waals surface area (Å²) in [4.78, 5) is 16.4. The molecule has 0 bridgehead atoms. The minimum atomic E-state index is -0.379. The number of fused-ring (bicyclic) bond motifs is 5. The van der Waals surface area contributed by atoms with Gasteiger partial charge < -0.3 is 14.5 Å². The molecule has 1 N–H and O–H groups in total. The van der Waals surface area contributed by atoms with E-state index in [0.717, 1.165) is 27.8 Å². The SMILES string of the molecule is COc1ccc([C@H]2[C@H]3c4c(c5ccccc5[nH]c4=O)OC(C)(C)[C@H]3[C@@H]2C(C)C)cc1Cl. The van der Waals surface area contributed by atoms with Gasteiger partial charge >= 0.3 is 0 Å². The number of para-hydroxylation sites is 1. The highest BCUT2D eigenvalue weighted by molar-refractivity contribution is 6.32. The fourth-order valence-electron chi connectivity index (χ4n) is 6.16. The van der Waals surface area contributed by atoms with Crippen molar-refractivity contribution in [3.05, 3.63) is 69.0 Å². The summed E-state index contributed by atoms with van der Waals surface area (Å²) in [5.41, 5.74) is 2.31. The number of nitrogens with one attached hydrogen (secondary N) is 1. The highest BCUT2D eigenvalue weighted by Gasteiger charge is 2.62. The van der Waals surface area contributed by atoms with Crippen LogP contribution >= 0.6 is 11.6 Å². The average molecular weight is 438 g/mol. The minimum Gasteiger partial charge on any atom is -0.495 e. The Labute approximate surface area is 187 Å². The van der Waals surface area contributed by atoms with E-state index in [1.807, 2.05) is 36.4 Å². The van der Waals surface area contributed by atoms with Gasteiger partial charge in [-0.05, 0) is 61.4 Å². The van der Waals surface area contributed by atoms with Crippen LogP contribution in [0.1, 0.15) is 50.7 Å².